The first-order valence-electron chi connectivity index (χ1n) is 8.20. The number of ether oxygens (including phenoxy) is 2. The number of benzene rings is 1. The molecule has 0 aliphatic carbocycles. The highest BCUT2D eigenvalue weighted by Gasteiger charge is 2.16. The Bertz CT molecular complexity index is 556. The second-order valence-electron chi connectivity index (χ2n) is 6.87. The predicted molar refractivity (Wildman–Crippen MR) is 101 cm³/mol. The van der Waals surface area contributed by atoms with E-state index < -0.39 is 0 Å². The van der Waals surface area contributed by atoms with Crippen LogP contribution in [0.2, 0.25) is 0 Å². The summed E-state index contributed by atoms with van der Waals surface area (Å²) in [5.74, 6) is 0.992. The van der Waals surface area contributed by atoms with Crippen LogP contribution in [0.1, 0.15) is 46.6 Å². The quantitative estimate of drug-likeness (QED) is 0.699. The van der Waals surface area contributed by atoms with Gasteiger partial charge in [0.2, 0.25) is 0 Å². The molecule has 1 aromatic carbocycles. The molecule has 1 amide bonds. The summed E-state index contributed by atoms with van der Waals surface area (Å²) < 4.78 is 12.0. The average Bonchev–Trinajstić information content (AvgIpc) is 2.49. The van der Waals surface area contributed by atoms with Crippen molar-refractivity contribution in [1.29, 1.82) is 0 Å². The lowest BCUT2D eigenvalue weighted by molar-refractivity contribution is -0.124. The van der Waals surface area contributed by atoms with E-state index in [4.69, 9.17) is 9.47 Å². The highest BCUT2D eigenvalue weighted by atomic mass is 79.9. The van der Waals surface area contributed by atoms with Crippen molar-refractivity contribution in [2.45, 2.75) is 59.2 Å². The molecular weight excluding hydrogens is 372 g/mol. The maximum absolute atomic E-state index is 11.9. The number of hydrogen-bond donors (Lipinski definition) is 2. The molecule has 0 saturated heterocycles. The summed E-state index contributed by atoms with van der Waals surface area (Å²) in [7, 11) is 1.59. The number of carbonyl (C=O) groups excluding carboxylic acids is 1. The maximum atomic E-state index is 11.9. The predicted octanol–water partition coefficient (Wildman–Crippen LogP) is 3.64. The van der Waals surface area contributed by atoms with Gasteiger partial charge >= 0.3 is 0 Å². The van der Waals surface area contributed by atoms with E-state index in [2.05, 4.69) is 40.4 Å². The van der Waals surface area contributed by atoms with Crippen molar-refractivity contribution >= 4 is 21.8 Å². The third-order valence-electron chi connectivity index (χ3n) is 3.46. The molecule has 5 nitrogen and oxygen atoms in total. The van der Waals surface area contributed by atoms with Gasteiger partial charge in [0.1, 0.15) is 0 Å². The van der Waals surface area contributed by atoms with Crippen molar-refractivity contribution in [3.05, 3.63) is 22.2 Å². The fraction of sp³-hybridized carbons (Fsp3) is 0.611. The van der Waals surface area contributed by atoms with Gasteiger partial charge in [0.15, 0.2) is 18.1 Å². The smallest absolute Gasteiger partial charge is 0.258 e. The minimum Gasteiger partial charge on any atom is -0.493 e. The Balaban J connectivity index is 2.78. The lowest BCUT2D eigenvalue weighted by Gasteiger charge is -2.21. The van der Waals surface area contributed by atoms with E-state index in [1.165, 1.54) is 0 Å². The molecule has 1 unspecified atom stereocenters. The largest absolute Gasteiger partial charge is 0.493 e. The topological polar surface area (TPSA) is 59.6 Å². The molecule has 0 bridgehead atoms. The summed E-state index contributed by atoms with van der Waals surface area (Å²) in [4.78, 5) is 11.9. The van der Waals surface area contributed by atoms with E-state index in [0.29, 0.717) is 17.5 Å². The summed E-state index contributed by atoms with van der Waals surface area (Å²) >= 11 is 3.56. The van der Waals surface area contributed by atoms with E-state index in [1.54, 1.807) is 7.11 Å². The summed E-state index contributed by atoms with van der Waals surface area (Å²) in [5.41, 5.74) is 0.801. The molecule has 0 aliphatic rings. The molecule has 136 valence electrons. The lowest BCUT2D eigenvalue weighted by Crippen LogP contribution is -2.43. The first-order chi connectivity index (χ1) is 11.2. The van der Waals surface area contributed by atoms with Crippen LogP contribution >= 0.6 is 15.9 Å². The van der Waals surface area contributed by atoms with Crippen LogP contribution in [0.5, 0.6) is 11.5 Å². The standard InChI is InChI=1S/C18H29BrN2O3/c1-7-12(2)20-10-13-8-15(23-6)16(9-14(13)19)24-11-17(22)21-18(3,4)5/h8-9,12,20H,7,10-11H2,1-6H3,(H,21,22). The number of nitrogens with one attached hydrogen (secondary N) is 2. The van der Waals surface area contributed by atoms with Gasteiger partial charge in [-0.2, -0.15) is 0 Å². The van der Waals surface area contributed by atoms with Crippen molar-refractivity contribution in [2.24, 2.45) is 0 Å². The molecule has 0 aliphatic heterocycles. The molecule has 6 heteroatoms. The minimum atomic E-state index is -0.281. The van der Waals surface area contributed by atoms with E-state index in [-0.39, 0.29) is 18.1 Å². The van der Waals surface area contributed by atoms with E-state index in [0.717, 1.165) is 23.0 Å². The Morgan fingerprint density at radius 1 is 1.29 bits per heavy atom. The molecule has 0 aromatic heterocycles. The van der Waals surface area contributed by atoms with Crippen LogP contribution in [-0.2, 0) is 11.3 Å². The van der Waals surface area contributed by atoms with Crippen molar-refractivity contribution in [1.82, 2.24) is 10.6 Å². The van der Waals surface area contributed by atoms with Crippen LogP contribution in [0.3, 0.4) is 0 Å². The Labute approximate surface area is 153 Å². The highest BCUT2D eigenvalue weighted by Crippen LogP contribution is 2.33. The van der Waals surface area contributed by atoms with Gasteiger partial charge in [0, 0.05) is 22.6 Å². The van der Waals surface area contributed by atoms with Gasteiger partial charge in [-0.25, -0.2) is 0 Å². The van der Waals surface area contributed by atoms with Crippen LogP contribution in [0.25, 0.3) is 0 Å². The van der Waals surface area contributed by atoms with Crippen LogP contribution in [0.15, 0.2) is 16.6 Å². The molecule has 24 heavy (non-hydrogen) atoms. The Kier molecular flexibility index (Phi) is 8.03. The van der Waals surface area contributed by atoms with Crippen molar-refractivity contribution in [3.8, 4) is 11.5 Å². The zero-order valence-corrected chi connectivity index (χ0v) is 17.0. The molecule has 0 saturated carbocycles. The van der Waals surface area contributed by atoms with E-state index in [1.807, 2.05) is 32.9 Å². The van der Waals surface area contributed by atoms with Gasteiger partial charge in [0.25, 0.3) is 5.91 Å². The third kappa shape index (κ3) is 7.09. The Morgan fingerprint density at radius 2 is 1.96 bits per heavy atom. The lowest BCUT2D eigenvalue weighted by atomic mass is 10.1. The number of carbonyl (C=O) groups is 1. The molecule has 1 aromatic rings. The normalized spacial score (nSPS) is 12.6. The Hall–Kier alpha value is -1.27. The van der Waals surface area contributed by atoms with Gasteiger partial charge in [0.05, 0.1) is 7.11 Å². The second-order valence-corrected chi connectivity index (χ2v) is 7.73. The van der Waals surface area contributed by atoms with Gasteiger partial charge in [-0.1, -0.05) is 22.9 Å². The average molecular weight is 401 g/mol. The summed E-state index contributed by atoms with van der Waals surface area (Å²) in [5, 5.41) is 6.31. The third-order valence-corrected chi connectivity index (χ3v) is 4.20. The van der Waals surface area contributed by atoms with Gasteiger partial charge in [-0.3, -0.25) is 4.79 Å². The van der Waals surface area contributed by atoms with Crippen LogP contribution in [-0.4, -0.2) is 31.2 Å². The van der Waals surface area contributed by atoms with Gasteiger partial charge < -0.3 is 20.1 Å². The van der Waals surface area contributed by atoms with E-state index >= 15 is 0 Å². The molecular formula is C18H29BrN2O3. The van der Waals surface area contributed by atoms with Gasteiger partial charge in [-0.05, 0) is 51.8 Å². The summed E-state index contributed by atoms with van der Waals surface area (Å²) in [6.45, 7) is 10.8. The molecule has 2 N–H and O–H groups in total. The second kappa shape index (κ2) is 9.28. The summed E-state index contributed by atoms with van der Waals surface area (Å²) in [6.07, 6.45) is 1.07. The van der Waals surface area contributed by atoms with E-state index in [9.17, 15) is 4.79 Å². The molecule has 0 fully saturated rings. The Morgan fingerprint density at radius 3 is 2.50 bits per heavy atom. The number of amides is 1. The van der Waals surface area contributed by atoms with Crippen LogP contribution in [0.4, 0.5) is 0 Å². The molecule has 0 heterocycles. The van der Waals surface area contributed by atoms with Crippen molar-refractivity contribution in [3.63, 3.8) is 0 Å². The van der Waals surface area contributed by atoms with Crippen LogP contribution in [0, 0.1) is 0 Å². The number of rotatable bonds is 8. The highest BCUT2D eigenvalue weighted by molar-refractivity contribution is 9.10. The maximum Gasteiger partial charge on any atom is 0.258 e. The number of hydrogen-bond acceptors (Lipinski definition) is 4. The fourth-order valence-corrected chi connectivity index (χ4v) is 2.47. The number of methoxy groups -OCH3 is 1. The minimum absolute atomic E-state index is 0.0511. The SMILES string of the molecule is CCC(C)NCc1cc(OC)c(OCC(=O)NC(C)(C)C)cc1Br. The summed E-state index contributed by atoms with van der Waals surface area (Å²) in [6, 6.07) is 4.22. The zero-order valence-electron chi connectivity index (χ0n) is 15.5. The zero-order chi connectivity index (χ0) is 18.3. The first-order valence-corrected chi connectivity index (χ1v) is 8.99. The van der Waals surface area contributed by atoms with Crippen LogP contribution < -0.4 is 20.1 Å². The molecule has 1 atom stereocenters. The molecule has 0 radical (unpaired) electrons. The van der Waals surface area contributed by atoms with Gasteiger partial charge in [-0.15, -0.1) is 0 Å². The van der Waals surface area contributed by atoms with Crippen molar-refractivity contribution in [2.75, 3.05) is 13.7 Å². The fourth-order valence-electron chi connectivity index (χ4n) is 2.01. The first kappa shape index (κ1) is 20.8. The number of halogens is 1. The molecule has 0 spiro atoms. The molecule has 1 rings (SSSR count). The van der Waals surface area contributed by atoms with Crippen molar-refractivity contribution < 1.29 is 14.3 Å². The monoisotopic (exact) mass is 400 g/mol.